The quantitative estimate of drug-likeness (QED) is 0.856. The summed E-state index contributed by atoms with van der Waals surface area (Å²) in [6.45, 7) is 0.835. The van der Waals surface area contributed by atoms with Crippen LogP contribution in [0.5, 0.6) is 0 Å². The van der Waals surface area contributed by atoms with Crippen LogP contribution in [0.25, 0.3) is 0 Å². The van der Waals surface area contributed by atoms with E-state index < -0.39 is 5.97 Å². The van der Waals surface area contributed by atoms with Crippen molar-refractivity contribution in [1.29, 1.82) is 0 Å². The number of carboxylic acid groups (broad SMARTS) is 1. The van der Waals surface area contributed by atoms with Gasteiger partial charge in [-0.3, -0.25) is 4.79 Å². The van der Waals surface area contributed by atoms with Crippen LogP contribution in [0.2, 0.25) is 0 Å². The predicted molar refractivity (Wildman–Crippen MR) is 82.2 cm³/mol. The topological polar surface area (TPSA) is 49.3 Å². The Balaban J connectivity index is 1.49. The minimum absolute atomic E-state index is 0.0897. The molecule has 0 saturated heterocycles. The standard InChI is InChI=1S/C18H19NO2/c20-18(21)10-13-6-8-14(9-7-13)12-19-17-11-16(17)15-4-2-1-3-5-15/h1-9,16-17,19H,10-12H2,(H,20,21). The molecule has 2 aromatic rings. The first-order valence-corrected chi connectivity index (χ1v) is 7.30. The lowest BCUT2D eigenvalue weighted by Gasteiger charge is -2.06. The number of hydrogen-bond acceptors (Lipinski definition) is 2. The van der Waals surface area contributed by atoms with Crippen molar-refractivity contribution in [3.05, 3.63) is 71.3 Å². The van der Waals surface area contributed by atoms with Gasteiger partial charge in [-0.2, -0.15) is 0 Å². The smallest absolute Gasteiger partial charge is 0.307 e. The first-order chi connectivity index (χ1) is 10.2. The number of carbonyl (C=O) groups is 1. The Morgan fingerprint density at radius 2 is 1.71 bits per heavy atom. The number of rotatable bonds is 6. The molecule has 2 aromatic carbocycles. The molecule has 108 valence electrons. The highest BCUT2D eigenvalue weighted by Crippen LogP contribution is 2.40. The second-order valence-electron chi connectivity index (χ2n) is 5.63. The van der Waals surface area contributed by atoms with E-state index in [4.69, 9.17) is 5.11 Å². The van der Waals surface area contributed by atoms with Gasteiger partial charge in [-0.1, -0.05) is 54.6 Å². The second-order valence-corrected chi connectivity index (χ2v) is 5.63. The maximum Gasteiger partial charge on any atom is 0.307 e. The Bertz CT molecular complexity index is 607. The highest BCUT2D eigenvalue weighted by molar-refractivity contribution is 5.70. The van der Waals surface area contributed by atoms with Crippen LogP contribution in [0.4, 0.5) is 0 Å². The number of aliphatic carboxylic acids is 1. The van der Waals surface area contributed by atoms with Crippen molar-refractivity contribution in [3.63, 3.8) is 0 Å². The lowest BCUT2D eigenvalue weighted by Crippen LogP contribution is -2.17. The molecule has 2 unspecified atom stereocenters. The minimum Gasteiger partial charge on any atom is -0.481 e. The van der Waals surface area contributed by atoms with Crippen LogP contribution in [0.15, 0.2) is 54.6 Å². The van der Waals surface area contributed by atoms with Crippen LogP contribution in [0, 0.1) is 0 Å². The van der Waals surface area contributed by atoms with E-state index in [9.17, 15) is 4.79 Å². The number of nitrogens with one attached hydrogen (secondary N) is 1. The van der Waals surface area contributed by atoms with Gasteiger partial charge in [0.05, 0.1) is 6.42 Å². The molecule has 1 aliphatic rings. The summed E-state index contributed by atoms with van der Waals surface area (Å²) in [7, 11) is 0. The van der Waals surface area contributed by atoms with Crippen molar-refractivity contribution in [1.82, 2.24) is 5.32 Å². The highest BCUT2D eigenvalue weighted by atomic mass is 16.4. The van der Waals surface area contributed by atoms with E-state index in [-0.39, 0.29) is 6.42 Å². The summed E-state index contributed by atoms with van der Waals surface area (Å²) < 4.78 is 0. The van der Waals surface area contributed by atoms with Crippen molar-refractivity contribution in [3.8, 4) is 0 Å². The summed E-state index contributed by atoms with van der Waals surface area (Å²) >= 11 is 0. The molecule has 0 amide bonds. The van der Waals surface area contributed by atoms with Gasteiger partial charge in [-0.25, -0.2) is 0 Å². The minimum atomic E-state index is -0.787. The third-order valence-corrected chi connectivity index (χ3v) is 3.96. The molecule has 0 radical (unpaired) electrons. The Labute approximate surface area is 124 Å². The Kier molecular flexibility index (Phi) is 4.02. The normalized spacial score (nSPS) is 20.2. The molecule has 0 aliphatic heterocycles. The van der Waals surface area contributed by atoms with Crippen molar-refractivity contribution < 1.29 is 9.90 Å². The summed E-state index contributed by atoms with van der Waals surface area (Å²) in [4.78, 5) is 10.6. The maximum absolute atomic E-state index is 10.6. The highest BCUT2D eigenvalue weighted by Gasteiger charge is 2.37. The van der Waals surface area contributed by atoms with Gasteiger partial charge in [0.15, 0.2) is 0 Å². The molecule has 3 heteroatoms. The maximum atomic E-state index is 10.6. The van der Waals surface area contributed by atoms with E-state index in [0.717, 1.165) is 12.1 Å². The fourth-order valence-electron chi connectivity index (χ4n) is 2.69. The van der Waals surface area contributed by atoms with Gasteiger partial charge in [-0.05, 0) is 23.1 Å². The first kappa shape index (κ1) is 13.8. The van der Waals surface area contributed by atoms with Crippen molar-refractivity contribution >= 4 is 5.97 Å². The van der Waals surface area contributed by atoms with Crippen LogP contribution in [0.3, 0.4) is 0 Å². The zero-order valence-corrected chi connectivity index (χ0v) is 11.8. The third-order valence-electron chi connectivity index (χ3n) is 3.96. The van der Waals surface area contributed by atoms with Crippen LogP contribution < -0.4 is 5.32 Å². The largest absolute Gasteiger partial charge is 0.481 e. The molecule has 0 spiro atoms. The fraction of sp³-hybridized carbons (Fsp3) is 0.278. The molecule has 3 rings (SSSR count). The molecule has 1 fully saturated rings. The zero-order valence-electron chi connectivity index (χ0n) is 11.8. The first-order valence-electron chi connectivity index (χ1n) is 7.30. The van der Waals surface area contributed by atoms with Gasteiger partial charge in [0.25, 0.3) is 0 Å². The molecule has 21 heavy (non-hydrogen) atoms. The van der Waals surface area contributed by atoms with E-state index in [2.05, 4.69) is 29.6 Å². The lowest BCUT2D eigenvalue weighted by atomic mass is 10.1. The van der Waals surface area contributed by atoms with Crippen molar-refractivity contribution in [2.75, 3.05) is 0 Å². The lowest BCUT2D eigenvalue weighted by molar-refractivity contribution is -0.136. The van der Waals surface area contributed by atoms with E-state index in [0.29, 0.717) is 12.0 Å². The van der Waals surface area contributed by atoms with Crippen LogP contribution in [0.1, 0.15) is 29.0 Å². The van der Waals surface area contributed by atoms with Gasteiger partial charge in [0.1, 0.15) is 0 Å². The fourth-order valence-corrected chi connectivity index (χ4v) is 2.69. The van der Waals surface area contributed by atoms with E-state index in [1.807, 2.05) is 30.3 Å². The van der Waals surface area contributed by atoms with Crippen LogP contribution in [-0.4, -0.2) is 17.1 Å². The van der Waals surface area contributed by atoms with E-state index in [1.165, 1.54) is 17.5 Å². The predicted octanol–water partition coefficient (Wildman–Crippen LogP) is 2.96. The molecule has 2 atom stereocenters. The average Bonchev–Trinajstić information content (AvgIpc) is 3.27. The second kappa shape index (κ2) is 6.10. The average molecular weight is 281 g/mol. The molecule has 3 nitrogen and oxygen atoms in total. The molecule has 0 heterocycles. The Hall–Kier alpha value is -2.13. The number of carboxylic acids is 1. The van der Waals surface area contributed by atoms with Gasteiger partial charge in [0.2, 0.25) is 0 Å². The Morgan fingerprint density at radius 1 is 1.05 bits per heavy atom. The van der Waals surface area contributed by atoms with Crippen LogP contribution >= 0.6 is 0 Å². The van der Waals surface area contributed by atoms with Gasteiger partial charge in [0, 0.05) is 18.5 Å². The number of hydrogen-bond donors (Lipinski definition) is 2. The van der Waals surface area contributed by atoms with Gasteiger partial charge < -0.3 is 10.4 Å². The third kappa shape index (κ3) is 3.70. The van der Waals surface area contributed by atoms with Crippen molar-refractivity contribution in [2.24, 2.45) is 0 Å². The molecule has 2 N–H and O–H groups in total. The summed E-state index contributed by atoms with van der Waals surface area (Å²) in [6, 6.07) is 19.0. The van der Waals surface area contributed by atoms with Crippen molar-refractivity contribution in [2.45, 2.75) is 31.3 Å². The van der Waals surface area contributed by atoms with E-state index >= 15 is 0 Å². The SMILES string of the molecule is O=C(O)Cc1ccc(CNC2CC2c2ccccc2)cc1. The molecule has 0 bridgehead atoms. The van der Waals surface area contributed by atoms with Crippen LogP contribution in [-0.2, 0) is 17.8 Å². The Morgan fingerprint density at radius 3 is 2.38 bits per heavy atom. The molecular weight excluding hydrogens is 262 g/mol. The zero-order chi connectivity index (χ0) is 14.7. The molecule has 1 aliphatic carbocycles. The summed E-state index contributed by atoms with van der Waals surface area (Å²) in [5.74, 6) is -0.151. The summed E-state index contributed by atoms with van der Waals surface area (Å²) in [5, 5.41) is 12.3. The molecular formula is C18H19NO2. The molecule has 1 saturated carbocycles. The number of benzene rings is 2. The van der Waals surface area contributed by atoms with Gasteiger partial charge in [-0.15, -0.1) is 0 Å². The van der Waals surface area contributed by atoms with Gasteiger partial charge >= 0.3 is 5.97 Å². The summed E-state index contributed by atoms with van der Waals surface area (Å²) in [5.41, 5.74) is 3.45. The van der Waals surface area contributed by atoms with E-state index in [1.54, 1.807) is 0 Å². The monoisotopic (exact) mass is 281 g/mol. The molecule has 0 aromatic heterocycles. The summed E-state index contributed by atoms with van der Waals surface area (Å²) in [6.07, 6.45) is 1.29.